The van der Waals surface area contributed by atoms with E-state index in [0.29, 0.717) is 32.9 Å². The van der Waals surface area contributed by atoms with Crippen LogP contribution < -0.4 is 15.7 Å². The van der Waals surface area contributed by atoms with E-state index < -0.39 is 5.63 Å². The van der Waals surface area contributed by atoms with Gasteiger partial charge in [-0.25, -0.2) is 4.79 Å². The number of nitrogens with zero attached hydrogens (tertiary/aromatic N) is 2. The Kier molecular flexibility index (Phi) is 5.27. The summed E-state index contributed by atoms with van der Waals surface area (Å²) >= 11 is 7.29. The standard InChI is InChI=1S/C20H16ClN3O3S/c1-2-9-26-15-6-4-14(5-7-15)22-20-24-23-18(28-20)16-11-12-10-13(21)3-8-17(12)27-19(16)25/h3-8,10-11H,2,9H2,1H3,(H,22,24). The molecule has 0 aliphatic carbocycles. The van der Waals surface area contributed by atoms with Gasteiger partial charge in [-0.15, -0.1) is 10.2 Å². The molecule has 0 radical (unpaired) electrons. The predicted molar refractivity (Wildman–Crippen MR) is 112 cm³/mol. The van der Waals surface area contributed by atoms with E-state index in [-0.39, 0.29) is 0 Å². The van der Waals surface area contributed by atoms with Crippen LogP contribution in [0, 0.1) is 0 Å². The van der Waals surface area contributed by atoms with Gasteiger partial charge in [0.15, 0.2) is 5.01 Å². The van der Waals surface area contributed by atoms with Crippen LogP contribution in [0.4, 0.5) is 10.8 Å². The minimum absolute atomic E-state index is 0.351. The quantitative estimate of drug-likeness (QED) is 0.421. The van der Waals surface area contributed by atoms with Crippen LogP contribution in [-0.4, -0.2) is 16.8 Å². The zero-order chi connectivity index (χ0) is 19.5. The van der Waals surface area contributed by atoms with E-state index in [0.717, 1.165) is 23.2 Å². The third-order valence-electron chi connectivity index (χ3n) is 3.93. The van der Waals surface area contributed by atoms with Crippen LogP contribution in [0.5, 0.6) is 5.75 Å². The summed E-state index contributed by atoms with van der Waals surface area (Å²) in [6.07, 6.45) is 0.961. The molecule has 6 nitrogen and oxygen atoms in total. The van der Waals surface area contributed by atoms with E-state index in [4.69, 9.17) is 20.8 Å². The predicted octanol–water partition coefficient (Wildman–Crippen LogP) is 5.50. The second kappa shape index (κ2) is 8.00. The lowest BCUT2D eigenvalue weighted by Crippen LogP contribution is -2.02. The molecule has 4 aromatic rings. The molecule has 8 heteroatoms. The largest absolute Gasteiger partial charge is 0.494 e. The number of fused-ring (bicyclic) bond motifs is 1. The topological polar surface area (TPSA) is 77.2 Å². The third kappa shape index (κ3) is 4.00. The molecular weight excluding hydrogens is 398 g/mol. The first kappa shape index (κ1) is 18.5. The third-order valence-corrected chi connectivity index (χ3v) is 5.04. The van der Waals surface area contributed by atoms with Crippen molar-refractivity contribution < 1.29 is 9.15 Å². The fourth-order valence-corrected chi connectivity index (χ4v) is 3.55. The van der Waals surface area contributed by atoms with Crippen molar-refractivity contribution in [2.24, 2.45) is 0 Å². The van der Waals surface area contributed by atoms with Gasteiger partial charge in [-0.3, -0.25) is 0 Å². The Hall–Kier alpha value is -2.90. The fourth-order valence-electron chi connectivity index (χ4n) is 2.60. The SMILES string of the molecule is CCCOc1ccc(Nc2nnc(-c3cc4cc(Cl)ccc4oc3=O)s2)cc1. The first-order valence-electron chi connectivity index (χ1n) is 8.69. The Morgan fingerprint density at radius 2 is 1.96 bits per heavy atom. The average molecular weight is 414 g/mol. The molecule has 0 bridgehead atoms. The van der Waals surface area contributed by atoms with Crippen molar-refractivity contribution in [2.45, 2.75) is 13.3 Å². The minimum Gasteiger partial charge on any atom is -0.494 e. The Bertz CT molecular complexity index is 1170. The lowest BCUT2D eigenvalue weighted by molar-refractivity contribution is 0.317. The van der Waals surface area contributed by atoms with Crippen LogP contribution in [0.25, 0.3) is 21.5 Å². The normalized spacial score (nSPS) is 10.9. The summed E-state index contributed by atoms with van der Waals surface area (Å²) in [6, 6.07) is 14.4. The summed E-state index contributed by atoms with van der Waals surface area (Å²) in [5.74, 6) is 0.817. The zero-order valence-corrected chi connectivity index (χ0v) is 16.5. The van der Waals surface area contributed by atoms with Gasteiger partial charge in [0.25, 0.3) is 0 Å². The molecule has 1 N–H and O–H groups in total. The number of ether oxygens (including phenoxy) is 1. The maximum Gasteiger partial charge on any atom is 0.346 e. The van der Waals surface area contributed by atoms with Gasteiger partial charge in [-0.05, 0) is 55.0 Å². The molecule has 0 aliphatic rings. The summed E-state index contributed by atoms with van der Waals surface area (Å²) in [4.78, 5) is 12.3. The fraction of sp³-hybridized carbons (Fsp3) is 0.150. The second-order valence-electron chi connectivity index (χ2n) is 6.04. The van der Waals surface area contributed by atoms with Crippen molar-refractivity contribution in [3.8, 4) is 16.3 Å². The maximum absolute atomic E-state index is 12.3. The summed E-state index contributed by atoms with van der Waals surface area (Å²) < 4.78 is 10.9. The van der Waals surface area contributed by atoms with Gasteiger partial charge >= 0.3 is 5.63 Å². The Morgan fingerprint density at radius 1 is 1.14 bits per heavy atom. The van der Waals surface area contributed by atoms with Crippen LogP contribution >= 0.6 is 22.9 Å². The summed E-state index contributed by atoms with van der Waals surface area (Å²) in [7, 11) is 0. The molecule has 0 saturated heterocycles. The van der Waals surface area contributed by atoms with Crippen molar-refractivity contribution in [3.63, 3.8) is 0 Å². The average Bonchev–Trinajstić information content (AvgIpc) is 3.15. The number of halogens is 1. The van der Waals surface area contributed by atoms with Crippen LogP contribution in [0.3, 0.4) is 0 Å². The van der Waals surface area contributed by atoms with E-state index in [1.807, 2.05) is 24.3 Å². The van der Waals surface area contributed by atoms with Gasteiger partial charge in [0, 0.05) is 16.1 Å². The number of aromatic nitrogens is 2. The molecule has 28 heavy (non-hydrogen) atoms. The Morgan fingerprint density at radius 3 is 2.75 bits per heavy atom. The maximum atomic E-state index is 12.3. The Balaban J connectivity index is 1.57. The van der Waals surface area contributed by atoms with Gasteiger partial charge in [0.05, 0.1) is 12.2 Å². The molecule has 0 aliphatic heterocycles. The van der Waals surface area contributed by atoms with E-state index in [9.17, 15) is 4.79 Å². The highest BCUT2D eigenvalue weighted by Gasteiger charge is 2.14. The molecule has 0 amide bonds. The van der Waals surface area contributed by atoms with Crippen molar-refractivity contribution >= 4 is 44.7 Å². The molecule has 2 heterocycles. The van der Waals surface area contributed by atoms with E-state index >= 15 is 0 Å². The lowest BCUT2D eigenvalue weighted by Gasteiger charge is -2.06. The number of hydrogen-bond acceptors (Lipinski definition) is 7. The molecule has 142 valence electrons. The van der Waals surface area contributed by atoms with Crippen molar-refractivity contribution in [2.75, 3.05) is 11.9 Å². The zero-order valence-electron chi connectivity index (χ0n) is 14.9. The number of benzene rings is 2. The van der Waals surface area contributed by atoms with Gasteiger partial charge in [-0.2, -0.15) is 0 Å². The highest BCUT2D eigenvalue weighted by molar-refractivity contribution is 7.18. The van der Waals surface area contributed by atoms with E-state index in [2.05, 4.69) is 22.4 Å². The second-order valence-corrected chi connectivity index (χ2v) is 7.45. The van der Waals surface area contributed by atoms with Gasteiger partial charge < -0.3 is 14.5 Å². The smallest absolute Gasteiger partial charge is 0.346 e. The van der Waals surface area contributed by atoms with Crippen LogP contribution in [0.2, 0.25) is 5.02 Å². The molecular formula is C20H16ClN3O3S. The van der Waals surface area contributed by atoms with Crippen molar-refractivity contribution in [3.05, 3.63) is 64.0 Å². The van der Waals surface area contributed by atoms with E-state index in [1.54, 1.807) is 24.3 Å². The monoisotopic (exact) mass is 413 g/mol. The molecule has 2 aromatic carbocycles. The number of nitrogens with one attached hydrogen (secondary N) is 1. The van der Waals surface area contributed by atoms with Gasteiger partial charge in [0.1, 0.15) is 11.3 Å². The minimum atomic E-state index is -0.463. The molecule has 0 atom stereocenters. The van der Waals surface area contributed by atoms with E-state index in [1.165, 1.54) is 11.3 Å². The number of hydrogen-bond donors (Lipinski definition) is 1. The highest BCUT2D eigenvalue weighted by Crippen LogP contribution is 2.29. The molecule has 0 saturated carbocycles. The van der Waals surface area contributed by atoms with Gasteiger partial charge in [0.2, 0.25) is 5.13 Å². The molecule has 4 rings (SSSR count). The highest BCUT2D eigenvalue weighted by atomic mass is 35.5. The summed E-state index contributed by atoms with van der Waals surface area (Å²) in [5, 5.41) is 13.8. The van der Waals surface area contributed by atoms with Crippen molar-refractivity contribution in [1.82, 2.24) is 10.2 Å². The van der Waals surface area contributed by atoms with Gasteiger partial charge in [-0.1, -0.05) is 29.9 Å². The van der Waals surface area contributed by atoms with Crippen molar-refractivity contribution in [1.29, 1.82) is 0 Å². The molecule has 0 fully saturated rings. The summed E-state index contributed by atoms with van der Waals surface area (Å²) in [5.41, 5.74) is 1.22. The number of anilines is 2. The molecule has 0 spiro atoms. The van der Waals surface area contributed by atoms with Crippen LogP contribution in [-0.2, 0) is 0 Å². The lowest BCUT2D eigenvalue weighted by atomic mass is 10.2. The molecule has 0 unspecified atom stereocenters. The summed E-state index contributed by atoms with van der Waals surface area (Å²) in [6.45, 7) is 2.75. The Labute approximate surface area is 169 Å². The van der Waals surface area contributed by atoms with Crippen LogP contribution in [0.1, 0.15) is 13.3 Å². The number of rotatable bonds is 6. The van der Waals surface area contributed by atoms with Crippen LogP contribution in [0.15, 0.2) is 57.7 Å². The first-order chi connectivity index (χ1) is 13.6. The first-order valence-corrected chi connectivity index (χ1v) is 9.89. The molecule has 2 aromatic heterocycles.